The lowest BCUT2D eigenvalue weighted by atomic mass is 10.1. The first kappa shape index (κ1) is 19.2. The molecule has 0 radical (unpaired) electrons. The van der Waals surface area contributed by atoms with Crippen molar-refractivity contribution in [3.8, 4) is 17.1 Å². The molecule has 1 fully saturated rings. The van der Waals surface area contributed by atoms with Crippen LogP contribution in [0.4, 0.5) is 17.2 Å². The van der Waals surface area contributed by atoms with Gasteiger partial charge in [-0.05, 0) is 25.5 Å². The molecule has 1 saturated heterocycles. The summed E-state index contributed by atoms with van der Waals surface area (Å²) in [5, 5.41) is 13.3. The molecule has 0 saturated carbocycles. The number of hydrogen-bond donors (Lipinski definition) is 3. The zero-order valence-electron chi connectivity index (χ0n) is 17.2. The van der Waals surface area contributed by atoms with Crippen LogP contribution < -0.4 is 15.0 Å². The predicted octanol–water partition coefficient (Wildman–Crippen LogP) is 2.44. The van der Waals surface area contributed by atoms with E-state index in [0.29, 0.717) is 35.4 Å². The maximum absolute atomic E-state index is 9.96. The lowest BCUT2D eigenvalue weighted by molar-refractivity contribution is 0.198. The molecule has 5 rings (SSSR count). The highest BCUT2D eigenvalue weighted by molar-refractivity contribution is 5.92. The number of H-pyrrole nitrogens is 1. The van der Waals surface area contributed by atoms with Gasteiger partial charge in [0.05, 0.1) is 43.3 Å². The average Bonchev–Trinajstić information content (AvgIpc) is 3.43. The van der Waals surface area contributed by atoms with Gasteiger partial charge >= 0.3 is 0 Å². The van der Waals surface area contributed by atoms with E-state index in [2.05, 4.69) is 30.2 Å². The van der Waals surface area contributed by atoms with Crippen molar-refractivity contribution in [2.75, 3.05) is 30.4 Å². The topological polar surface area (TPSA) is 125 Å². The van der Waals surface area contributed by atoms with Crippen LogP contribution in [-0.4, -0.2) is 61.3 Å². The Morgan fingerprint density at radius 3 is 2.84 bits per heavy atom. The summed E-state index contributed by atoms with van der Waals surface area (Å²) in [6, 6.07) is 5.69. The summed E-state index contributed by atoms with van der Waals surface area (Å²) in [6.07, 6.45) is 5.51. The van der Waals surface area contributed by atoms with Crippen molar-refractivity contribution >= 4 is 28.4 Å². The number of ether oxygens (including phenoxy) is 1. The van der Waals surface area contributed by atoms with Gasteiger partial charge in [-0.1, -0.05) is 0 Å². The summed E-state index contributed by atoms with van der Waals surface area (Å²) in [4.78, 5) is 27.6. The normalized spacial score (nSPS) is 16.1. The highest BCUT2D eigenvalue weighted by atomic mass is 16.5. The summed E-state index contributed by atoms with van der Waals surface area (Å²) in [6.45, 7) is 3.20. The number of methoxy groups -OCH3 is 1. The van der Waals surface area contributed by atoms with Crippen LogP contribution in [0.25, 0.3) is 22.4 Å². The van der Waals surface area contributed by atoms with E-state index in [4.69, 9.17) is 14.7 Å². The maximum Gasteiger partial charge on any atom is 0.213 e. The molecule has 10 heteroatoms. The SMILES string of the molecule is COc1ccc(Nc2ncc(N3CCC(O)C3)cc2-c2nc(C)nc3nc[nH]c23)cn1. The largest absolute Gasteiger partial charge is 0.481 e. The van der Waals surface area contributed by atoms with Gasteiger partial charge in [-0.25, -0.2) is 24.9 Å². The summed E-state index contributed by atoms with van der Waals surface area (Å²) in [7, 11) is 1.58. The first-order valence-corrected chi connectivity index (χ1v) is 9.99. The number of rotatable bonds is 5. The number of anilines is 3. The van der Waals surface area contributed by atoms with Crippen molar-refractivity contribution in [3.63, 3.8) is 0 Å². The molecular weight excluding hydrogens is 396 g/mol. The number of nitrogens with one attached hydrogen (secondary N) is 2. The minimum absolute atomic E-state index is 0.327. The molecule has 0 bridgehead atoms. The molecular formula is C21H22N8O2. The first-order valence-electron chi connectivity index (χ1n) is 9.99. The summed E-state index contributed by atoms with van der Waals surface area (Å²) in [5.41, 5.74) is 4.54. The molecule has 1 aliphatic heterocycles. The van der Waals surface area contributed by atoms with Crippen LogP contribution in [-0.2, 0) is 0 Å². The molecule has 0 spiro atoms. The number of nitrogens with zero attached hydrogens (tertiary/aromatic N) is 6. The molecule has 3 N–H and O–H groups in total. The Morgan fingerprint density at radius 2 is 2.10 bits per heavy atom. The van der Waals surface area contributed by atoms with Gasteiger partial charge in [-0.15, -0.1) is 0 Å². The van der Waals surface area contributed by atoms with Gasteiger partial charge in [0, 0.05) is 24.7 Å². The molecule has 31 heavy (non-hydrogen) atoms. The Morgan fingerprint density at radius 1 is 1.19 bits per heavy atom. The standard InChI is InChI=1S/C21H22N8O2/c1-12-26-18(19-21(27-12)25-11-24-19)16-7-14(29-6-5-15(30)10-29)9-23-20(16)28-13-3-4-17(31-2)22-8-13/h3-4,7-9,11,15,30H,5-6,10H2,1-2H3,(H,23,28)(H,24,25,26,27). The van der Waals surface area contributed by atoms with Gasteiger partial charge in [-0.3, -0.25) is 0 Å². The maximum atomic E-state index is 9.96. The third-order valence-corrected chi connectivity index (χ3v) is 5.26. The molecule has 4 aromatic heterocycles. The third-order valence-electron chi connectivity index (χ3n) is 5.26. The molecule has 0 aliphatic carbocycles. The third kappa shape index (κ3) is 3.73. The average molecular weight is 418 g/mol. The fourth-order valence-electron chi connectivity index (χ4n) is 3.73. The zero-order chi connectivity index (χ0) is 21.4. The van der Waals surface area contributed by atoms with Crippen molar-refractivity contribution in [1.29, 1.82) is 0 Å². The van der Waals surface area contributed by atoms with E-state index in [9.17, 15) is 5.11 Å². The van der Waals surface area contributed by atoms with Crippen LogP contribution in [0, 0.1) is 6.92 Å². The van der Waals surface area contributed by atoms with Crippen LogP contribution in [0.15, 0.2) is 36.9 Å². The Bertz CT molecular complexity index is 1220. The lowest BCUT2D eigenvalue weighted by Crippen LogP contribution is -2.21. The number of aliphatic hydroxyl groups is 1. The number of aromatic nitrogens is 6. The second-order valence-corrected chi connectivity index (χ2v) is 7.41. The van der Waals surface area contributed by atoms with Crippen LogP contribution in [0.2, 0.25) is 0 Å². The highest BCUT2D eigenvalue weighted by Crippen LogP contribution is 2.34. The van der Waals surface area contributed by atoms with Crippen molar-refractivity contribution in [2.45, 2.75) is 19.4 Å². The van der Waals surface area contributed by atoms with Gasteiger partial charge in [0.2, 0.25) is 5.88 Å². The molecule has 1 unspecified atom stereocenters. The monoisotopic (exact) mass is 418 g/mol. The Hall–Kier alpha value is -3.79. The van der Waals surface area contributed by atoms with Crippen molar-refractivity contribution in [1.82, 2.24) is 29.9 Å². The van der Waals surface area contributed by atoms with Crippen LogP contribution in [0.3, 0.4) is 0 Å². The number of aliphatic hydroxyl groups excluding tert-OH is 1. The molecule has 1 aliphatic rings. The quantitative estimate of drug-likeness (QED) is 0.448. The Kier molecular flexibility index (Phi) is 4.83. The van der Waals surface area contributed by atoms with Gasteiger partial charge in [0.1, 0.15) is 22.9 Å². The molecule has 10 nitrogen and oxygen atoms in total. The van der Waals surface area contributed by atoms with E-state index in [0.717, 1.165) is 35.4 Å². The molecule has 1 atom stereocenters. The van der Waals surface area contributed by atoms with E-state index >= 15 is 0 Å². The van der Waals surface area contributed by atoms with Gasteiger partial charge in [0.15, 0.2) is 5.65 Å². The summed E-state index contributed by atoms with van der Waals surface area (Å²) < 4.78 is 5.14. The molecule has 0 amide bonds. The second-order valence-electron chi connectivity index (χ2n) is 7.41. The van der Waals surface area contributed by atoms with Crippen molar-refractivity contribution < 1.29 is 9.84 Å². The number of pyridine rings is 2. The number of aromatic amines is 1. The van der Waals surface area contributed by atoms with Gasteiger partial charge in [-0.2, -0.15) is 0 Å². The highest BCUT2D eigenvalue weighted by Gasteiger charge is 2.23. The molecule has 0 aromatic carbocycles. The van der Waals surface area contributed by atoms with Crippen molar-refractivity contribution in [3.05, 3.63) is 42.7 Å². The second kappa shape index (κ2) is 7.80. The number of imidazole rings is 1. The molecule has 4 aromatic rings. The summed E-state index contributed by atoms with van der Waals surface area (Å²) in [5.74, 6) is 1.78. The van der Waals surface area contributed by atoms with E-state index in [1.807, 2.05) is 19.1 Å². The van der Waals surface area contributed by atoms with Crippen LogP contribution in [0.1, 0.15) is 12.2 Å². The van der Waals surface area contributed by atoms with E-state index in [-0.39, 0.29) is 6.10 Å². The zero-order valence-corrected chi connectivity index (χ0v) is 17.2. The van der Waals surface area contributed by atoms with Gasteiger partial charge < -0.3 is 25.0 Å². The smallest absolute Gasteiger partial charge is 0.213 e. The summed E-state index contributed by atoms with van der Waals surface area (Å²) >= 11 is 0. The predicted molar refractivity (Wildman–Crippen MR) is 117 cm³/mol. The van der Waals surface area contributed by atoms with Crippen LogP contribution >= 0.6 is 0 Å². The molecule has 158 valence electrons. The van der Waals surface area contributed by atoms with Crippen LogP contribution in [0.5, 0.6) is 5.88 Å². The minimum atomic E-state index is -0.327. The minimum Gasteiger partial charge on any atom is -0.481 e. The number of hydrogen-bond acceptors (Lipinski definition) is 9. The van der Waals surface area contributed by atoms with E-state index in [1.165, 1.54) is 0 Å². The number of aryl methyl sites for hydroxylation is 1. The molecule has 5 heterocycles. The fourth-order valence-corrected chi connectivity index (χ4v) is 3.73. The number of β-amino-alcohol motifs (C(OH)–C–C–N with tert-alkyl or cyclic N) is 1. The fraction of sp³-hybridized carbons (Fsp3) is 0.286. The van der Waals surface area contributed by atoms with E-state index < -0.39 is 0 Å². The first-order chi connectivity index (χ1) is 15.1. The van der Waals surface area contributed by atoms with E-state index in [1.54, 1.807) is 31.9 Å². The Labute approximate surface area is 178 Å². The van der Waals surface area contributed by atoms with Crippen molar-refractivity contribution in [2.24, 2.45) is 0 Å². The van der Waals surface area contributed by atoms with Gasteiger partial charge in [0.25, 0.3) is 0 Å². The lowest BCUT2D eigenvalue weighted by Gasteiger charge is -2.20. The Balaban J connectivity index is 1.62. The number of fused-ring (bicyclic) bond motifs is 1.